The summed E-state index contributed by atoms with van der Waals surface area (Å²) in [6.07, 6.45) is 1.76. The molecule has 2 N–H and O–H groups in total. The van der Waals surface area contributed by atoms with E-state index in [2.05, 4.69) is 29.8 Å². The largest absolute Gasteiger partial charge is 0.394 e. The van der Waals surface area contributed by atoms with Crippen molar-refractivity contribution in [1.29, 1.82) is 0 Å². The Hall–Kier alpha value is -0.770. The molecule has 3 nitrogen and oxygen atoms in total. The van der Waals surface area contributed by atoms with Crippen LogP contribution >= 0.6 is 15.9 Å². The van der Waals surface area contributed by atoms with Gasteiger partial charge in [-0.15, -0.1) is 0 Å². The molecule has 1 rings (SSSR count). The predicted molar refractivity (Wildman–Crippen MR) is 57.7 cm³/mol. The van der Waals surface area contributed by atoms with E-state index in [0.29, 0.717) is 12.5 Å². The number of hydrogen-bond donors (Lipinski definition) is 1. The van der Waals surface area contributed by atoms with Crippen LogP contribution in [0.3, 0.4) is 0 Å². The average molecular weight is 245 g/mol. The molecule has 0 saturated carbocycles. The number of hydrogen-bond acceptors (Lipinski definition) is 2. The Morgan fingerprint density at radius 3 is 2.77 bits per heavy atom. The number of aromatic nitrogens is 1. The zero-order valence-corrected chi connectivity index (χ0v) is 9.34. The van der Waals surface area contributed by atoms with Crippen LogP contribution in [-0.4, -0.2) is 4.57 Å². The molecule has 0 spiro atoms. The second kappa shape index (κ2) is 3.96. The van der Waals surface area contributed by atoms with Crippen LogP contribution < -0.4 is 11.3 Å². The lowest BCUT2D eigenvalue weighted by atomic mass is 10.2. The predicted octanol–water partition coefficient (Wildman–Crippen LogP) is 1.85. The molecule has 1 aromatic rings. The highest BCUT2D eigenvalue weighted by molar-refractivity contribution is 9.10. The Morgan fingerprint density at radius 1 is 1.62 bits per heavy atom. The van der Waals surface area contributed by atoms with Crippen LogP contribution in [-0.2, 0) is 6.54 Å². The van der Waals surface area contributed by atoms with Gasteiger partial charge in [-0.05, 0) is 27.9 Å². The molecule has 1 aromatic heterocycles. The first-order valence-corrected chi connectivity index (χ1v) is 4.95. The molecule has 0 unspecified atom stereocenters. The summed E-state index contributed by atoms with van der Waals surface area (Å²) in [7, 11) is 0. The van der Waals surface area contributed by atoms with Crippen molar-refractivity contribution in [2.24, 2.45) is 5.92 Å². The molecule has 0 amide bonds. The molecule has 72 valence electrons. The van der Waals surface area contributed by atoms with Gasteiger partial charge in [0.05, 0.1) is 5.69 Å². The van der Waals surface area contributed by atoms with Gasteiger partial charge in [0.2, 0.25) is 0 Å². The van der Waals surface area contributed by atoms with Crippen molar-refractivity contribution < 1.29 is 0 Å². The maximum atomic E-state index is 11.5. The lowest BCUT2D eigenvalue weighted by Crippen LogP contribution is -2.24. The standard InChI is InChI=1S/C9H13BrN2O/c1-6(2)4-12-5-7(10)3-8(11)9(12)13/h3,5-6H,4,11H2,1-2H3. The minimum Gasteiger partial charge on any atom is -0.394 e. The normalized spacial score (nSPS) is 10.8. The maximum Gasteiger partial charge on any atom is 0.273 e. The maximum absolute atomic E-state index is 11.5. The first-order chi connectivity index (χ1) is 6.00. The van der Waals surface area contributed by atoms with E-state index in [0.717, 1.165) is 4.47 Å². The third-order valence-corrected chi connectivity index (χ3v) is 2.08. The molecule has 0 aromatic carbocycles. The van der Waals surface area contributed by atoms with E-state index in [-0.39, 0.29) is 11.2 Å². The van der Waals surface area contributed by atoms with E-state index in [9.17, 15) is 4.79 Å². The zero-order chi connectivity index (χ0) is 10.0. The van der Waals surface area contributed by atoms with Crippen molar-refractivity contribution in [1.82, 2.24) is 4.57 Å². The molecule has 13 heavy (non-hydrogen) atoms. The highest BCUT2D eigenvalue weighted by Gasteiger charge is 2.03. The average Bonchev–Trinajstić information content (AvgIpc) is 1.98. The van der Waals surface area contributed by atoms with Crippen molar-refractivity contribution in [2.45, 2.75) is 20.4 Å². The van der Waals surface area contributed by atoms with Crippen LogP contribution in [0.2, 0.25) is 0 Å². The van der Waals surface area contributed by atoms with Crippen molar-refractivity contribution in [3.8, 4) is 0 Å². The van der Waals surface area contributed by atoms with Gasteiger partial charge >= 0.3 is 0 Å². The number of anilines is 1. The van der Waals surface area contributed by atoms with Gasteiger partial charge in [-0.1, -0.05) is 13.8 Å². The number of rotatable bonds is 2. The molecule has 0 aliphatic carbocycles. The van der Waals surface area contributed by atoms with E-state index in [1.807, 2.05) is 0 Å². The molecule has 0 saturated heterocycles. The minimum absolute atomic E-state index is 0.114. The second-order valence-corrected chi connectivity index (χ2v) is 4.38. The molecule has 0 bridgehead atoms. The van der Waals surface area contributed by atoms with Crippen LogP contribution in [0.4, 0.5) is 5.69 Å². The fraction of sp³-hybridized carbons (Fsp3) is 0.444. The molecular weight excluding hydrogens is 232 g/mol. The fourth-order valence-corrected chi connectivity index (χ4v) is 1.64. The highest BCUT2D eigenvalue weighted by Crippen LogP contribution is 2.10. The quantitative estimate of drug-likeness (QED) is 0.864. The number of halogens is 1. The topological polar surface area (TPSA) is 48.0 Å². The van der Waals surface area contributed by atoms with Crippen LogP contribution in [0.25, 0.3) is 0 Å². The van der Waals surface area contributed by atoms with Crippen molar-refractivity contribution in [2.75, 3.05) is 5.73 Å². The molecule has 0 radical (unpaired) electrons. The summed E-state index contributed by atoms with van der Waals surface area (Å²) in [5.41, 5.74) is 5.71. The van der Waals surface area contributed by atoms with Gasteiger partial charge in [0.1, 0.15) is 0 Å². The Morgan fingerprint density at radius 2 is 2.23 bits per heavy atom. The van der Waals surface area contributed by atoms with E-state index in [4.69, 9.17) is 5.73 Å². The fourth-order valence-electron chi connectivity index (χ4n) is 1.15. The van der Waals surface area contributed by atoms with Gasteiger partial charge in [0.25, 0.3) is 5.56 Å². The highest BCUT2D eigenvalue weighted by atomic mass is 79.9. The summed E-state index contributed by atoms with van der Waals surface area (Å²) in [5.74, 6) is 0.436. The third-order valence-electron chi connectivity index (χ3n) is 1.64. The van der Waals surface area contributed by atoms with Crippen molar-refractivity contribution in [3.63, 3.8) is 0 Å². The lowest BCUT2D eigenvalue weighted by Gasteiger charge is -2.09. The minimum atomic E-state index is -0.114. The smallest absolute Gasteiger partial charge is 0.273 e. The Labute approximate surface area is 85.7 Å². The SMILES string of the molecule is CC(C)Cn1cc(Br)cc(N)c1=O. The summed E-state index contributed by atoms with van der Waals surface area (Å²) in [6.45, 7) is 4.82. The van der Waals surface area contributed by atoms with Gasteiger partial charge in [-0.2, -0.15) is 0 Å². The third kappa shape index (κ3) is 2.59. The van der Waals surface area contributed by atoms with E-state index < -0.39 is 0 Å². The van der Waals surface area contributed by atoms with Gasteiger partial charge in [-0.25, -0.2) is 0 Å². The molecule has 0 aliphatic heterocycles. The Bertz CT molecular complexity index is 357. The first kappa shape index (κ1) is 10.3. The molecular formula is C9H13BrN2O. The van der Waals surface area contributed by atoms with Crippen LogP contribution in [0.15, 0.2) is 21.5 Å². The summed E-state index contributed by atoms with van der Waals surface area (Å²) >= 11 is 3.30. The molecule has 0 fully saturated rings. The van der Waals surface area contributed by atoms with E-state index in [1.54, 1.807) is 16.8 Å². The number of nitrogens with zero attached hydrogens (tertiary/aromatic N) is 1. The van der Waals surface area contributed by atoms with Gasteiger partial charge in [0, 0.05) is 17.2 Å². The number of nitrogen functional groups attached to an aromatic ring is 1. The number of pyridine rings is 1. The lowest BCUT2D eigenvalue weighted by molar-refractivity contribution is 0.511. The van der Waals surface area contributed by atoms with Crippen LogP contribution in [0, 0.1) is 5.92 Å². The molecule has 1 heterocycles. The van der Waals surface area contributed by atoms with Gasteiger partial charge in [0.15, 0.2) is 0 Å². The summed E-state index contributed by atoms with van der Waals surface area (Å²) in [6, 6.07) is 1.62. The van der Waals surface area contributed by atoms with Crippen molar-refractivity contribution in [3.05, 3.63) is 27.1 Å². The van der Waals surface area contributed by atoms with E-state index >= 15 is 0 Å². The summed E-state index contributed by atoms with van der Waals surface area (Å²) in [5, 5.41) is 0. The second-order valence-electron chi connectivity index (χ2n) is 3.47. The van der Waals surface area contributed by atoms with Crippen LogP contribution in [0.1, 0.15) is 13.8 Å². The van der Waals surface area contributed by atoms with E-state index in [1.165, 1.54) is 0 Å². The summed E-state index contributed by atoms with van der Waals surface area (Å²) < 4.78 is 2.47. The monoisotopic (exact) mass is 244 g/mol. The number of nitrogens with two attached hydrogens (primary N) is 1. The summed E-state index contributed by atoms with van der Waals surface area (Å²) in [4.78, 5) is 11.5. The molecule has 0 aliphatic rings. The van der Waals surface area contributed by atoms with Gasteiger partial charge in [-0.3, -0.25) is 4.79 Å². The molecule has 0 atom stereocenters. The van der Waals surface area contributed by atoms with Gasteiger partial charge < -0.3 is 10.3 Å². The first-order valence-electron chi connectivity index (χ1n) is 4.16. The Kier molecular flexibility index (Phi) is 3.14. The molecule has 4 heteroatoms. The van der Waals surface area contributed by atoms with Crippen molar-refractivity contribution >= 4 is 21.6 Å². The zero-order valence-electron chi connectivity index (χ0n) is 7.75. The van der Waals surface area contributed by atoms with Crippen LogP contribution in [0.5, 0.6) is 0 Å². The Balaban J connectivity index is 3.13.